The first-order valence-corrected chi connectivity index (χ1v) is 10.4. The van der Waals surface area contributed by atoms with Gasteiger partial charge in [-0.1, -0.05) is 24.3 Å². The first-order chi connectivity index (χ1) is 13.6. The minimum Gasteiger partial charge on any atom is -0.326 e. The van der Waals surface area contributed by atoms with Gasteiger partial charge in [-0.3, -0.25) is 9.48 Å². The molecule has 0 aliphatic carbocycles. The van der Waals surface area contributed by atoms with Crippen LogP contribution in [-0.2, 0) is 21.2 Å². The van der Waals surface area contributed by atoms with Crippen LogP contribution in [0.1, 0.15) is 25.5 Å². The lowest BCUT2D eigenvalue weighted by atomic mass is 10.1. The van der Waals surface area contributed by atoms with Gasteiger partial charge in [0.1, 0.15) is 5.82 Å². The summed E-state index contributed by atoms with van der Waals surface area (Å²) in [6.07, 6.45) is 3.10. The van der Waals surface area contributed by atoms with Crippen LogP contribution in [0.5, 0.6) is 0 Å². The third-order valence-corrected chi connectivity index (χ3v) is 5.27. The molecule has 1 aromatic heterocycles. The number of carbonyl (C=O) groups is 1. The lowest BCUT2D eigenvalue weighted by Crippen LogP contribution is -2.17. The van der Waals surface area contributed by atoms with Crippen molar-refractivity contribution in [3.8, 4) is 11.1 Å². The van der Waals surface area contributed by atoms with E-state index in [9.17, 15) is 17.6 Å². The minimum atomic E-state index is -4.06. The van der Waals surface area contributed by atoms with Crippen LogP contribution in [0.15, 0.2) is 59.8 Å². The number of primary sulfonamides is 1. The van der Waals surface area contributed by atoms with Gasteiger partial charge >= 0.3 is 0 Å². The fourth-order valence-electron chi connectivity index (χ4n) is 2.85. The Bertz CT molecular complexity index is 1160. The maximum Gasteiger partial charge on any atom is 0.238 e. The van der Waals surface area contributed by atoms with Gasteiger partial charge in [-0.05, 0) is 37.6 Å². The van der Waals surface area contributed by atoms with Crippen LogP contribution in [0.4, 0.5) is 10.1 Å². The quantitative estimate of drug-likeness (QED) is 0.644. The molecule has 0 saturated heterocycles. The number of nitrogens with zero attached hydrogens (tertiary/aromatic N) is 2. The molecule has 7 nitrogen and oxygen atoms in total. The lowest BCUT2D eigenvalue weighted by Gasteiger charge is -2.11. The normalized spacial score (nSPS) is 11.6. The van der Waals surface area contributed by atoms with Crippen LogP contribution in [0.2, 0.25) is 0 Å². The summed E-state index contributed by atoms with van der Waals surface area (Å²) in [5.41, 5.74) is 1.46. The summed E-state index contributed by atoms with van der Waals surface area (Å²) >= 11 is 0. The smallest absolute Gasteiger partial charge is 0.238 e. The molecule has 2 aromatic carbocycles. The van der Waals surface area contributed by atoms with Gasteiger partial charge in [-0.2, -0.15) is 5.10 Å². The molecule has 0 saturated carbocycles. The summed E-state index contributed by atoms with van der Waals surface area (Å²) in [4.78, 5) is 12.1. The van der Waals surface area contributed by atoms with Gasteiger partial charge in [0.2, 0.25) is 15.9 Å². The number of aromatic nitrogens is 2. The monoisotopic (exact) mass is 416 g/mol. The predicted octanol–water partition coefficient (Wildman–Crippen LogP) is 3.10. The molecular weight excluding hydrogens is 395 g/mol. The Hall–Kier alpha value is -3.04. The van der Waals surface area contributed by atoms with Crippen molar-refractivity contribution in [2.75, 3.05) is 5.32 Å². The summed E-state index contributed by atoms with van der Waals surface area (Å²) < 4.78 is 39.7. The number of sulfonamides is 1. The summed E-state index contributed by atoms with van der Waals surface area (Å²) in [6.45, 7) is 3.90. The Balaban J connectivity index is 1.89. The third-order valence-electron chi connectivity index (χ3n) is 4.32. The van der Waals surface area contributed by atoms with Crippen molar-refractivity contribution in [3.05, 3.63) is 66.2 Å². The molecule has 3 aromatic rings. The van der Waals surface area contributed by atoms with Gasteiger partial charge < -0.3 is 5.32 Å². The Morgan fingerprint density at radius 2 is 1.97 bits per heavy atom. The highest BCUT2D eigenvalue weighted by Crippen LogP contribution is 2.29. The summed E-state index contributed by atoms with van der Waals surface area (Å²) in [5.74, 6) is -0.957. The molecule has 9 heteroatoms. The molecule has 3 rings (SSSR count). The van der Waals surface area contributed by atoms with E-state index in [1.807, 2.05) is 13.8 Å². The van der Waals surface area contributed by atoms with Crippen molar-refractivity contribution >= 4 is 21.6 Å². The molecule has 0 aliphatic rings. The van der Waals surface area contributed by atoms with E-state index < -0.39 is 21.7 Å². The number of anilines is 1. The van der Waals surface area contributed by atoms with Crippen molar-refractivity contribution in [1.82, 2.24) is 9.78 Å². The van der Waals surface area contributed by atoms with Crippen molar-refractivity contribution in [3.63, 3.8) is 0 Å². The van der Waals surface area contributed by atoms with Crippen molar-refractivity contribution in [1.29, 1.82) is 0 Å². The topological polar surface area (TPSA) is 107 Å². The van der Waals surface area contributed by atoms with E-state index in [1.54, 1.807) is 35.3 Å². The average Bonchev–Trinajstić information content (AvgIpc) is 3.13. The number of carbonyl (C=O) groups excluding carboxylic acids is 1. The van der Waals surface area contributed by atoms with Gasteiger partial charge in [0.25, 0.3) is 0 Å². The standard InChI is InChI=1S/C20H21FN4O3S/c1-13(2)25-12-15(11-23-25)17-8-7-16(10-19(17)29(22,27)28)24-20(26)9-14-5-3-4-6-18(14)21/h3-8,10-13H,9H2,1-2H3,(H,24,26)(H2,22,27,28). The van der Waals surface area contributed by atoms with Gasteiger partial charge in [-0.15, -0.1) is 0 Å². The van der Waals surface area contributed by atoms with Crippen molar-refractivity contribution in [2.45, 2.75) is 31.2 Å². The molecule has 0 radical (unpaired) electrons. The van der Waals surface area contributed by atoms with E-state index in [0.29, 0.717) is 11.1 Å². The zero-order valence-electron chi connectivity index (χ0n) is 16.0. The van der Waals surface area contributed by atoms with Gasteiger partial charge in [0.15, 0.2) is 0 Å². The average molecular weight is 416 g/mol. The van der Waals surface area contributed by atoms with Gasteiger partial charge in [0.05, 0.1) is 17.5 Å². The van der Waals surface area contributed by atoms with E-state index in [-0.39, 0.29) is 28.6 Å². The number of halogens is 1. The fourth-order valence-corrected chi connectivity index (χ4v) is 3.64. The van der Waals surface area contributed by atoms with E-state index >= 15 is 0 Å². The lowest BCUT2D eigenvalue weighted by molar-refractivity contribution is -0.115. The Labute approximate surface area is 168 Å². The summed E-state index contributed by atoms with van der Waals surface area (Å²) in [6, 6.07) is 10.5. The number of hydrogen-bond donors (Lipinski definition) is 2. The van der Waals surface area contributed by atoms with Crippen molar-refractivity contribution in [2.24, 2.45) is 5.14 Å². The van der Waals surface area contributed by atoms with Crippen LogP contribution < -0.4 is 10.5 Å². The maximum atomic E-state index is 13.7. The molecule has 0 aliphatic heterocycles. The SMILES string of the molecule is CC(C)n1cc(-c2ccc(NC(=O)Cc3ccccc3F)cc2S(N)(=O)=O)cn1. The second kappa shape index (κ2) is 8.14. The largest absolute Gasteiger partial charge is 0.326 e. The van der Waals surface area contributed by atoms with Crippen LogP contribution in [-0.4, -0.2) is 24.1 Å². The first-order valence-electron chi connectivity index (χ1n) is 8.90. The molecule has 0 fully saturated rings. The minimum absolute atomic E-state index is 0.110. The molecule has 1 amide bonds. The van der Waals surface area contributed by atoms with Crippen LogP contribution in [0, 0.1) is 5.82 Å². The zero-order valence-corrected chi connectivity index (χ0v) is 16.8. The molecule has 0 unspecified atom stereocenters. The summed E-state index contributed by atoms with van der Waals surface area (Å²) in [7, 11) is -4.06. The molecular formula is C20H21FN4O3S. The number of hydrogen-bond acceptors (Lipinski definition) is 4. The highest BCUT2D eigenvalue weighted by molar-refractivity contribution is 7.89. The second-order valence-corrected chi connectivity index (χ2v) is 8.40. The number of rotatable bonds is 6. The fraction of sp³-hybridized carbons (Fsp3) is 0.200. The van der Waals surface area contributed by atoms with Gasteiger partial charge in [0, 0.05) is 29.1 Å². The highest BCUT2D eigenvalue weighted by atomic mass is 32.2. The van der Waals surface area contributed by atoms with Crippen molar-refractivity contribution < 1.29 is 17.6 Å². The van der Waals surface area contributed by atoms with E-state index in [0.717, 1.165) is 0 Å². The number of nitrogens with two attached hydrogens (primary N) is 1. The number of benzene rings is 2. The van der Waals surface area contributed by atoms with Crippen LogP contribution >= 0.6 is 0 Å². The molecule has 1 heterocycles. The Morgan fingerprint density at radius 1 is 1.24 bits per heavy atom. The number of nitrogens with one attached hydrogen (secondary N) is 1. The zero-order chi connectivity index (χ0) is 21.2. The molecule has 152 valence electrons. The molecule has 29 heavy (non-hydrogen) atoms. The van der Waals surface area contributed by atoms with E-state index in [2.05, 4.69) is 10.4 Å². The molecule has 0 spiro atoms. The van der Waals surface area contributed by atoms with Gasteiger partial charge in [-0.25, -0.2) is 17.9 Å². The number of amides is 1. The maximum absolute atomic E-state index is 13.7. The second-order valence-electron chi connectivity index (χ2n) is 6.88. The van der Waals surface area contributed by atoms with Crippen LogP contribution in [0.3, 0.4) is 0 Å². The first kappa shape index (κ1) is 20.7. The highest BCUT2D eigenvalue weighted by Gasteiger charge is 2.19. The molecule has 3 N–H and O–H groups in total. The third kappa shape index (κ3) is 4.87. The molecule has 0 atom stereocenters. The van der Waals surface area contributed by atoms with E-state index in [1.165, 1.54) is 24.3 Å². The summed E-state index contributed by atoms with van der Waals surface area (Å²) in [5, 5.41) is 12.2. The Kier molecular flexibility index (Phi) is 5.81. The molecule has 0 bridgehead atoms. The predicted molar refractivity (Wildman–Crippen MR) is 108 cm³/mol. The van der Waals surface area contributed by atoms with E-state index in [4.69, 9.17) is 5.14 Å². The van der Waals surface area contributed by atoms with Crippen LogP contribution in [0.25, 0.3) is 11.1 Å². The Morgan fingerprint density at radius 3 is 2.59 bits per heavy atom.